The number of carboxylic acids is 1. The molecule has 0 aliphatic heterocycles. The molecule has 2 unspecified atom stereocenters. The molecular formula is C30H29NO5S. The molecule has 7 heteroatoms. The Balaban J connectivity index is 1.47. The van der Waals surface area contributed by atoms with Gasteiger partial charge in [0.1, 0.15) is 11.5 Å². The molecule has 0 saturated carbocycles. The van der Waals surface area contributed by atoms with Crippen LogP contribution >= 0.6 is 0 Å². The van der Waals surface area contributed by atoms with E-state index in [4.69, 9.17) is 9.84 Å². The summed E-state index contributed by atoms with van der Waals surface area (Å²) in [7, 11) is 0. The molecule has 1 aromatic heterocycles. The highest BCUT2D eigenvalue weighted by Crippen LogP contribution is 2.31. The Morgan fingerprint density at radius 1 is 0.919 bits per heavy atom. The smallest absolute Gasteiger partial charge is 0.344 e. The van der Waals surface area contributed by atoms with Crippen molar-refractivity contribution in [1.82, 2.24) is 4.57 Å². The van der Waals surface area contributed by atoms with Gasteiger partial charge >= 0.3 is 5.97 Å². The molecule has 0 aliphatic carbocycles. The first kappa shape index (κ1) is 26.3. The van der Waals surface area contributed by atoms with Crippen molar-refractivity contribution in [2.75, 3.05) is 5.75 Å². The summed E-state index contributed by atoms with van der Waals surface area (Å²) in [6.07, 6.45) is 1.43. The van der Waals surface area contributed by atoms with Crippen LogP contribution < -0.4 is 10.3 Å². The van der Waals surface area contributed by atoms with Crippen LogP contribution in [0, 0.1) is 0 Å². The minimum absolute atomic E-state index is 0.0145. The Morgan fingerprint density at radius 2 is 1.57 bits per heavy atom. The van der Waals surface area contributed by atoms with E-state index in [2.05, 4.69) is 24.3 Å². The Kier molecular flexibility index (Phi) is 8.82. The zero-order valence-electron chi connectivity index (χ0n) is 20.5. The maximum atomic E-state index is 12.9. The normalized spacial score (nSPS) is 12.7. The van der Waals surface area contributed by atoms with E-state index in [1.807, 2.05) is 48.7 Å². The van der Waals surface area contributed by atoms with Gasteiger partial charge in [0.05, 0.1) is 0 Å². The summed E-state index contributed by atoms with van der Waals surface area (Å²) in [5.74, 6) is -0.368. The number of nitrogens with zero attached hydrogens (tertiary/aromatic N) is 1. The van der Waals surface area contributed by atoms with E-state index in [1.54, 1.807) is 34.9 Å². The van der Waals surface area contributed by atoms with Crippen molar-refractivity contribution in [2.45, 2.75) is 36.8 Å². The van der Waals surface area contributed by atoms with Crippen LogP contribution in [0.15, 0.2) is 113 Å². The predicted octanol–water partition coefficient (Wildman–Crippen LogP) is 5.08. The molecule has 3 aromatic carbocycles. The van der Waals surface area contributed by atoms with E-state index in [9.17, 15) is 14.1 Å². The molecule has 4 rings (SSSR count). The summed E-state index contributed by atoms with van der Waals surface area (Å²) in [6.45, 7) is 1.87. The average molecular weight is 516 g/mol. The number of hydrogen-bond acceptors (Lipinski definition) is 4. The largest absolute Gasteiger partial charge is 0.611 e. The zero-order valence-corrected chi connectivity index (χ0v) is 21.3. The van der Waals surface area contributed by atoms with Gasteiger partial charge in [-0.2, -0.15) is 0 Å². The molecule has 190 valence electrons. The van der Waals surface area contributed by atoms with Crippen molar-refractivity contribution < 1.29 is 19.2 Å². The molecule has 0 fully saturated rings. The van der Waals surface area contributed by atoms with Gasteiger partial charge in [-0.25, -0.2) is 4.79 Å². The Bertz CT molecular complexity index is 1330. The number of hydrogen-bond donors (Lipinski definition) is 1. The molecule has 0 spiro atoms. The molecule has 1 heterocycles. The summed E-state index contributed by atoms with van der Waals surface area (Å²) < 4.78 is 20.0. The highest BCUT2D eigenvalue weighted by molar-refractivity contribution is 7.91. The van der Waals surface area contributed by atoms with Crippen LogP contribution in [-0.2, 0) is 22.5 Å². The topological polar surface area (TPSA) is 91.6 Å². The predicted molar refractivity (Wildman–Crippen MR) is 145 cm³/mol. The molecule has 2 atom stereocenters. The SMILES string of the molecule is CC(Oc1cccc([S+]([O-])CCCn2cc(C(c3ccccc3)c3ccccc3)ccc2=O)c1)C(=O)O. The number of carbonyl (C=O) groups is 1. The Labute approximate surface area is 219 Å². The molecule has 4 aromatic rings. The molecule has 0 radical (unpaired) electrons. The van der Waals surface area contributed by atoms with E-state index in [-0.39, 0.29) is 11.5 Å². The van der Waals surface area contributed by atoms with E-state index >= 15 is 0 Å². The summed E-state index contributed by atoms with van der Waals surface area (Å²) in [4.78, 5) is 24.2. The molecule has 0 amide bonds. The van der Waals surface area contributed by atoms with Gasteiger partial charge in [-0.3, -0.25) is 4.79 Å². The van der Waals surface area contributed by atoms with Crippen molar-refractivity contribution in [1.29, 1.82) is 0 Å². The molecule has 1 N–H and O–H groups in total. The second-order valence-electron chi connectivity index (χ2n) is 8.72. The van der Waals surface area contributed by atoms with Crippen LogP contribution in [0.25, 0.3) is 0 Å². The molecule has 37 heavy (non-hydrogen) atoms. The van der Waals surface area contributed by atoms with Crippen molar-refractivity contribution in [3.63, 3.8) is 0 Å². The second-order valence-corrected chi connectivity index (χ2v) is 10.3. The molecule has 0 bridgehead atoms. The highest BCUT2D eigenvalue weighted by atomic mass is 32.2. The molecule has 0 saturated heterocycles. The lowest BCUT2D eigenvalue weighted by Gasteiger charge is -2.20. The lowest BCUT2D eigenvalue weighted by molar-refractivity contribution is -0.144. The van der Waals surface area contributed by atoms with Gasteiger partial charge in [-0.1, -0.05) is 72.8 Å². The lowest BCUT2D eigenvalue weighted by atomic mass is 9.86. The van der Waals surface area contributed by atoms with Gasteiger partial charge in [0.15, 0.2) is 11.0 Å². The van der Waals surface area contributed by atoms with Crippen LogP contribution in [0.5, 0.6) is 5.75 Å². The zero-order chi connectivity index (χ0) is 26.2. The van der Waals surface area contributed by atoms with Gasteiger partial charge in [0.25, 0.3) is 5.56 Å². The van der Waals surface area contributed by atoms with E-state index in [0.717, 1.165) is 16.7 Å². The minimum Gasteiger partial charge on any atom is -0.611 e. The Morgan fingerprint density at radius 3 is 2.19 bits per heavy atom. The van der Waals surface area contributed by atoms with E-state index in [1.165, 1.54) is 6.92 Å². The van der Waals surface area contributed by atoms with Gasteiger partial charge in [-0.05, 0) is 46.9 Å². The van der Waals surface area contributed by atoms with Crippen LogP contribution in [0.4, 0.5) is 0 Å². The number of benzene rings is 3. The third kappa shape index (κ3) is 6.90. The number of aliphatic carboxylic acids is 1. The minimum atomic E-state index is -1.32. The number of pyridine rings is 1. The fourth-order valence-corrected chi connectivity index (χ4v) is 5.30. The van der Waals surface area contributed by atoms with E-state index in [0.29, 0.717) is 29.4 Å². The summed E-state index contributed by atoms with van der Waals surface area (Å²) in [6, 6.07) is 30.5. The third-order valence-electron chi connectivity index (χ3n) is 6.06. The number of ether oxygens (including phenoxy) is 1. The molecular weight excluding hydrogens is 486 g/mol. The van der Waals surface area contributed by atoms with Crippen molar-refractivity contribution in [3.8, 4) is 5.75 Å². The standard InChI is InChI=1S/C30H29NO5S/c1-22(30(33)34)36-26-14-8-15-27(20-26)37(35)19-9-18-31-21-25(16-17-28(31)32)29(23-10-4-2-5-11-23)24-12-6-3-7-13-24/h2-8,10-17,20-22,29H,9,18-19H2,1H3,(H,33,34). The Hall–Kier alpha value is -3.81. The fraction of sp³-hybridized carbons (Fsp3) is 0.200. The molecule has 0 aliphatic rings. The average Bonchev–Trinajstić information content (AvgIpc) is 2.91. The van der Waals surface area contributed by atoms with Gasteiger partial charge in [-0.15, -0.1) is 0 Å². The van der Waals surface area contributed by atoms with E-state index < -0.39 is 23.2 Å². The summed E-state index contributed by atoms with van der Waals surface area (Å²) in [5, 5.41) is 9.04. The van der Waals surface area contributed by atoms with Crippen molar-refractivity contribution >= 4 is 17.1 Å². The second kappa shape index (κ2) is 12.4. The first-order valence-electron chi connectivity index (χ1n) is 12.1. The van der Waals surface area contributed by atoms with Gasteiger partial charge in [0, 0.05) is 37.2 Å². The van der Waals surface area contributed by atoms with Crippen molar-refractivity contribution in [2.24, 2.45) is 0 Å². The maximum Gasteiger partial charge on any atom is 0.344 e. The number of carboxylic acid groups (broad SMARTS) is 1. The van der Waals surface area contributed by atoms with Crippen LogP contribution in [0.2, 0.25) is 0 Å². The lowest BCUT2D eigenvalue weighted by Crippen LogP contribution is -2.23. The monoisotopic (exact) mass is 515 g/mol. The van der Waals surface area contributed by atoms with Crippen molar-refractivity contribution in [3.05, 3.63) is 130 Å². The van der Waals surface area contributed by atoms with Gasteiger partial charge in [0.2, 0.25) is 0 Å². The number of aryl methyl sites for hydroxylation is 1. The van der Waals surface area contributed by atoms with Gasteiger partial charge < -0.3 is 19.0 Å². The maximum absolute atomic E-state index is 12.9. The first-order valence-corrected chi connectivity index (χ1v) is 13.4. The number of aromatic nitrogens is 1. The fourth-order valence-electron chi connectivity index (χ4n) is 4.19. The molecule has 6 nitrogen and oxygen atoms in total. The summed E-state index contributed by atoms with van der Waals surface area (Å²) in [5.41, 5.74) is 3.18. The number of rotatable bonds is 11. The van der Waals surface area contributed by atoms with Crippen LogP contribution in [0.3, 0.4) is 0 Å². The summed E-state index contributed by atoms with van der Waals surface area (Å²) >= 11 is -1.32. The van der Waals surface area contributed by atoms with Crippen LogP contribution in [-0.4, -0.2) is 32.1 Å². The van der Waals surface area contributed by atoms with Crippen LogP contribution in [0.1, 0.15) is 36.0 Å². The first-order chi connectivity index (χ1) is 17.9. The quantitative estimate of drug-likeness (QED) is 0.281. The third-order valence-corrected chi connectivity index (χ3v) is 7.50. The highest BCUT2D eigenvalue weighted by Gasteiger charge is 2.19.